The van der Waals surface area contributed by atoms with Gasteiger partial charge in [0.2, 0.25) is 5.75 Å². The van der Waals surface area contributed by atoms with Crippen molar-refractivity contribution < 1.29 is 24.1 Å². The highest BCUT2D eigenvalue weighted by Crippen LogP contribution is 2.41. The van der Waals surface area contributed by atoms with Gasteiger partial charge in [0.05, 0.1) is 26.7 Å². The Kier molecular flexibility index (Phi) is 4.06. The number of hydrogen-bond donors (Lipinski definition) is 1. The number of benzene rings is 1. The molecule has 0 saturated carbocycles. The molecule has 0 aliphatic carbocycles. The Morgan fingerprint density at radius 3 is 1.78 bits per heavy atom. The lowest BCUT2D eigenvalue weighted by Gasteiger charge is -2.22. The van der Waals surface area contributed by atoms with Crippen molar-refractivity contribution in [1.82, 2.24) is 0 Å². The summed E-state index contributed by atoms with van der Waals surface area (Å²) in [5, 5.41) is 9.24. The maximum atomic E-state index is 11.3. The topological polar surface area (TPSA) is 65.0 Å². The highest BCUT2D eigenvalue weighted by atomic mass is 16.5. The van der Waals surface area contributed by atoms with Gasteiger partial charge in [0.25, 0.3) is 0 Å². The van der Waals surface area contributed by atoms with Crippen LogP contribution >= 0.6 is 0 Å². The van der Waals surface area contributed by atoms with Crippen molar-refractivity contribution >= 4 is 5.97 Å². The molecule has 1 N–H and O–H groups in total. The highest BCUT2D eigenvalue weighted by Gasteiger charge is 2.31. The van der Waals surface area contributed by atoms with E-state index in [1.807, 2.05) is 0 Å². The predicted octanol–water partition coefficient (Wildman–Crippen LogP) is 2.07. The number of carboxylic acids is 1. The summed E-state index contributed by atoms with van der Waals surface area (Å²) < 4.78 is 15.6. The summed E-state index contributed by atoms with van der Waals surface area (Å²) >= 11 is 0. The molecule has 0 heterocycles. The van der Waals surface area contributed by atoms with Gasteiger partial charge in [0.15, 0.2) is 11.5 Å². The zero-order chi connectivity index (χ0) is 13.9. The Morgan fingerprint density at radius 2 is 1.50 bits per heavy atom. The van der Waals surface area contributed by atoms with E-state index in [1.54, 1.807) is 26.0 Å². The van der Waals surface area contributed by atoms with E-state index in [2.05, 4.69) is 0 Å². The Labute approximate surface area is 106 Å². The molecule has 0 amide bonds. The lowest BCUT2D eigenvalue weighted by atomic mass is 9.84. The van der Waals surface area contributed by atoms with Crippen molar-refractivity contribution in [2.75, 3.05) is 21.3 Å². The van der Waals surface area contributed by atoms with Gasteiger partial charge in [0.1, 0.15) is 0 Å². The Balaban J connectivity index is 3.45. The van der Waals surface area contributed by atoms with Crippen molar-refractivity contribution in [3.05, 3.63) is 17.7 Å². The number of methoxy groups -OCH3 is 3. The number of hydrogen-bond acceptors (Lipinski definition) is 4. The first kappa shape index (κ1) is 14.2. The molecule has 0 spiro atoms. The quantitative estimate of drug-likeness (QED) is 0.871. The lowest BCUT2D eigenvalue weighted by molar-refractivity contribution is -0.142. The van der Waals surface area contributed by atoms with Gasteiger partial charge in [-0.3, -0.25) is 4.79 Å². The summed E-state index contributed by atoms with van der Waals surface area (Å²) in [7, 11) is 4.49. The molecule has 5 heteroatoms. The summed E-state index contributed by atoms with van der Waals surface area (Å²) in [6.07, 6.45) is 0. The average molecular weight is 254 g/mol. The van der Waals surface area contributed by atoms with Gasteiger partial charge >= 0.3 is 5.97 Å². The van der Waals surface area contributed by atoms with Crippen LogP contribution in [0.15, 0.2) is 12.1 Å². The van der Waals surface area contributed by atoms with E-state index >= 15 is 0 Å². The van der Waals surface area contributed by atoms with Crippen LogP contribution in [0.1, 0.15) is 19.4 Å². The van der Waals surface area contributed by atoms with Crippen LogP contribution in [0.3, 0.4) is 0 Å². The largest absolute Gasteiger partial charge is 0.493 e. The van der Waals surface area contributed by atoms with E-state index in [-0.39, 0.29) is 0 Å². The molecule has 0 aliphatic heterocycles. The van der Waals surface area contributed by atoms with Crippen molar-refractivity contribution in [2.45, 2.75) is 19.3 Å². The summed E-state index contributed by atoms with van der Waals surface area (Å²) in [4.78, 5) is 11.3. The second kappa shape index (κ2) is 5.16. The molecule has 5 nitrogen and oxygen atoms in total. The molecule has 18 heavy (non-hydrogen) atoms. The minimum atomic E-state index is -1.03. The van der Waals surface area contributed by atoms with Crippen molar-refractivity contribution in [1.29, 1.82) is 0 Å². The maximum absolute atomic E-state index is 11.3. The molecule has 100 valence electrons. The summed E-state index contributed by atoms with van der Waals surface area (Å²) in [6, 6.07) is 3.30. The second-order valence-electron chi connectivity index (χ2n) is 4.34. The molecule has 1 aromatic rings. The van der Waals surface area contributed by atoms with Crippen LogP contribution in [0.25, 0.3) is 0 Å². The zero-order valence-corrected chi connectivity index (χ0v) is 11.2. The number of ether oxygens (including phenoxy) is 3. The van der Waals surface area contributed by atoms with Crippen molar-refractivity contribution in [3.8, 4) is 17.2 Å². The van der Waals surface area contributed by atoms with Gasteiger partial charge in [-0.1, -0.05) is 0 Å². The monoisotopic (exact) mass is 254 g/mol. The van der Waals surface area contributed by atoms with Crippen LogP contribution in [-0.4, -0.2) is 32.4 Å². The summed E-state index contributed by atoms with van der Waals surface area (Å²) in [6.45, 7) is 3.24. The Morgan fingerprint density at radius 1 is 1.06 bits per heavy atom. The summed E-state index contributed by atoms with van der Waals surface area (Å²) in [5.74, 6) is 0.420. The van der Waals surface area contributed by atoms with Gasteiger partial charge in [-0.2, -0.15) is 0 Å². The minimum Gasteiger partial charge on any atom is -0.493 e. The van der Waals surface area contributed by atoms with Crippen molar-refractivity contribution in [2.24, 2.45) is 0 Å². The number of rotatable bonds is 5. The first-order valence-corrected chi connectivity index (χ1v) is 5.42. The van der Waals surface area contributed by atoms with Gasteiger partial charge in [-0.15, -0.1) is 0 Å². The van der Waals surface area contributed by atoms with Crippen LogP contribution < -0.4 is 14.2 Å². The fourth-order valence-electron chi connectivity index (χ4n) is 1.57. The van der Waals surface area contributed by atoms with Crippen LogP contribution in [0.5, 0.6) is 17.2 Å². The molecule has 0 unspecified atom stereocenters. The second-order valence-corrected chi connectivity index (χ2v) is 4.34. The van der Waals surface area contributed by atoms with Gasteiger partial charge in [-0.25, -0.2) is 0 Å². The molecule has 0 aromatic heterocycles. The van der Waals surface area contributed by atoms with E-state index in [0.717, 1.165) is 0 Å². The molecule has 0 fully saturated rings. The first-order chi connectivity index (χ1) is 8.38. The zero-order valence-electron chi connectivity index (χ0n) is 11.2. The van der Waals surface area contributed by atoms with E-state index in [4.69, 9.17) is 14.2 Å². The number of carboxylic acid groups (broad SMARTS) is 1. The molecule has 0 bridgehead atoms. The fraction of sp³-hybridized carbons (Fsp3) is 0.462. The first-order valence-electron chi connectivity index (χ1n) is 5.42. The third kappa shape index (κ3) is 2.34. The number of aliphatic carboxylic acids is 1. The van der Waals surface area contributed by atoms with Crippen LogP contribution in [0.4, 0.5) is 0 Å². The molecule has 1 rings (SSSR count). The van der Waals surface area contributed by atoms with Gasteiger partial charge in [0, 0.05) is 0 Å². The van der Waals surface area contributed by atoms with Crippen LogP contribution in [0, 0.1) is 0 Å². The normalized spacial score (nSPS) is 10.9. The van der Waals surface area contributed by atoms with Crippen LogP contribution in [0.2, 0.25) is 0 Å². The van der Waals surface area contributed by atoms with Crippen molar-refractivity contribution in [3.63, 3.8) is 0 Å². The number of carbonyl (C=O) groups is 1. The Hall–Kier alpha value is -1.91. The minimum absolute atomic E-state index is 0.446. The molecule has 0 atom stereocenters. The summed E-state index contributed by atoms with van der Waals surface area (Å²) in [5.41, 5.74) is -0.447. The van der Waals surface area contributed by atoms with E-state index < -0.39 is 11.4 Å². The molecule has 0 radical (unpaired) electrons. The van der Waals surface area contributed by atoms with Gasteiger partial charge < -0.3 is 19.3 Å². The molecule has 1 aromatic carbocycles. The highest BCUT2D eigenvalue weighted by molar-refractivity contribution is 5.81. The molecule has 0 aliphatic rings. The Bertz CT molecular complexity index is 426. The molecular weight excluding hydrogens is 236 g/mol. The maximum Gasteiger partial charge on any atom is 0.313 e. The van der Waals surface area contributed by atoms with Crippen LogP contribution in [-0.2, 0) is 10.2 Å². The van der Waals surface area contributed by atoms with E-state index in [1.165, 1.54) is 21.3 Å². The fourth-order valence-corrected chi connectivity index (χ4v) is 1.57. The van der Waals surface area contributed by atoms with E-state index in [0.29, 0.717) is 22.8 Å². The molecule has 0 saturated heterocycles. The molecular formula is C13H18O5. The predicted molar refractivity (Wildman–Crippen MR) is 66.8 cm³/mol. The third-order valence-electron chi connectivity index (χ3n) is 2.92. The smallest absolute Gasteiger partial charge is 0.313 e. The standard InChI is InChI=1S/C13H18O5/c1-13(2,12(14)15)8-6-9(16-3)11(18-5)10(7-8)17-4/h6-7H,1-5H3,(H,14,15). The lowest BCUT2D eigenvalue weighted by Crippen LogP contribution is -2.28. The van der Waals surface area contributed by atoms with Gasteiger partial charge in [-0.05, 0) is 31.5 Å². The third-order valence-corrected chi connectivity index (χ3v) is 2.92. The van der Waals surface area contributed by atoms with E-state index in [9.17, 15) is 9.90 Å². The SMILES string of the molecule is COc1cc(C(C)(C)C(=O)O)cc(OC)c1OC. The average Bonchev–Trinajstić information content (AvgIpc) is 2.36.